The Balaban J connectivity index is 2.36. The second-order valence-electron chi connectivity index (χ2n) is 3.19. The molecule has 1 amide bonds. The van der Waals surface area contributed by atoms with Crippen molar-refractivity contribution in [3.05, 3.63) is 41.3 Å². The topological polar surface area (TPSA) is 57.6 Å². The standard InChI is InChI=1S/C11H7NO3S2/c13-9(14)6-8-10(15)12(11(16)17-8)7-4-2-1-3-5-7/h1-6H,(H,13,14). The number of nitrogens with zero attached hydrogens (tertiary/aromatic N) is 1. The molecular formula is C11H7NO3S2. The predicted octanol–water partition coefficient (Wildman–Crippen LogP) is 2.02. The number of benzene rings is 1. The highest BCUT2D eigenvalue weighted by molar-refractivity contribution is 8.27. The van der Waals surface area contributed by atoms with Gasteiger partial charge in [-0.15, -0.1) is 0 Å². The molecule has 1 aromatic carbocycles. The minimum Gasteiger partial charge on any atom is -0.478 e. The summed E-state index contributed by atoms with van der Waals surface area (Å²) in [5.41, 5.74) is 0.642. The molecule has 0 bridgehead atoms. The Labute approximate surface area is 107 Å². The van der Waals surface area contributed by atoms with Crippen LogP contribution in [0.3, 0.4) is 0 Å². The van der Waals surface area contributed by atoms with Crippen molar-refractivity contribution in [1.29, 1.82) is 0 Å². The van der Waals surface area contributed by atoms with E-state index in [9.17, 15) is 9.59 Å². The van der Waals surface area contributed by atoms with Crippen LogP contribution in [0.25, 0.3) is 0 Å². The Hall–Kier alpha value is -1.66. The third-order valence-electron chi connectivity index (χ3n) is 2.06. The molecule has 1 heterocycles. The summed E-state index contributed by atoms with van der Waals surface area (Å²) in [7, 11) is 0. The second-order valence-corrected chi connectivity index (χ2v) is 4.87. The number of hydrogen-bond acceptors (Lipinski definition) is 4. The van der Waals surface area contributed by atoms with Gasteiger partial charge in [-0.1, -0.05) is 42.2 Å². The fraction of sp³-hybridized carbons (Fsp3) is 0. The number of carbonyl (C=O) groups is 2. The SMILES string of the molecule is O=C(O)C=C1SC(=S)N(c2ccccc2)C1=O. The number of para-hydroxylation sites is 1. The van der Waals surface area contributed by atoms with Crippen LogP contribution in [0.5, 0.6) is 0 Å². The smallest absolute Gasteiger partial charge is 0.329 e. The highest BCUT2D eigenvalue weighted by Crippen LogP contribution is 2.34. The van der Waals surface area contributed by atoms with Gasteiger partial charge in [-0.3, -0.25) is 9.69 Å². The summed E-state index contributed by atoms with van der Waals surface area (Å²) in [6.07, 6.45) is 0.877. The summed E-state index contributed by atoms with van der Waals surface area (Å²) in [4.78, 5) is 23.9. The van der Waals surface area contributed by atoms with Crippen molar-refractivity contribution in [2.24, 2.45) is 0 Å². The summed E-state index contributed by atoms with van der Waals surface area (Å²) in [5.74, 6) is -1.55. The summed E-state index contributed by atoms with van der Waals surface area (Å²) in [6.45, 7) is 0. The first-order chi connectivity index (χ1) is 8.09. The molecule has 0 aromatic heterocycles. The third kappa shape index (κ3) is 2.37. The average molecular weight is 265 g/mol. The summed E-state index contributed by atoms with van der Waals surface area (Å²) in [6, 6.07) is 8.89. The van der Waals surface area contributed by atoms with Gasteiger partial charge in [0, 0.05) is 6.08 Å². The highest BCUT2D eigenvalue weighted by atomic mass is 32.2. The van der Waals surface area contributed by atoms with Crippen molar-refractivity contribution >= 4 is 45.9 Å². The van der Waals surface area contributed by atoms with Gasteiger partial charge < -0.3 is 5.11 Å². The Morgan fingerprint density at radius 2 is 2.00 bits per heavy atom. The van der Waals surface area contributed by atoms with E-state index < -0.39 is 11.9 Å². The van der Waals surface area contributed by atoms with Crippen molar-refractivity contribution < 1.29 is 14.7 Å². The van der Waals surface area contributed by atoms with Gasteiger partial charge in [-0.25, -0.2) is 4.79 Å². The monoisotopic (exact) mass is 265 g/mol. The molecule has 1 aromatic rings. The van der Waals surface area contributed by atoms with Gasteiger partial charge in [-0.2, -0.15) is 0 Å². The number of anilines is 1. The van der Waals surface area contributed by atoms with Gasteiger partial charge in [0.1, 0.15) is 0 Å². The van der Waals surface area contributed by atoms with E-state index in [2.05, 4.69) is 0 Å². The molecule has 1 saturated heterocycles. The van der Waals surface area contributed by atoms with Crippen LogP contribution in [0.4, 0.5) is 5.69 Å². The van der Waals surface area contributed by atoms with Crippen molar-refractivity contribution in [2.45, 2.75) is 0 Å². The summed E-state index contributed by atoms with van der Waals surface area (Å²) >= 11 is 6.06. The van der Waals surface area contributed by atoms with Crippen LogP contribution in [-0.2, 0) is 9.59 Å². The molecular weight excluding hydrogens is 258 g/mol. The number of thiocarbonyl (C=S) groups is 1. The molecule has 0 saturated carbocycles. The molecule has 4 nitrogen and oxygen atoms in total. The lowest BCUT2D eigenvalue weighted by molar-refractivity contribution is -0.131. The van der Waals surface area contributed by atoms with Crippen LogP contribution < -0.4 is 4.90 Å². The van der Waals surface area contributed by atoms with Crippen molar-refractivity contribution in [2.75, 3.05) is 4.90 Å². The minimum absolute atomic E-state index is 0.131. The van der Waals surface area contributed by atoms with E-state index in [1.165, 1.54) is 4.90 Å². The molecule has 0 aliphatic carbocycles. The lowest BCUT2D eigenvalue weighted by Crippen LogP contribution is -2.27. The van der Waals surface area contributed by atoms with E-state index in [1.54, 1.807) is 24.3 Å². The fourth-order valence-electron chi connectivity index (χ4n) is 1.38. The summed E-state index contributed by atoms with van der Waals surface area (Å²) < 4.78 is 0.341. The first-order valence-electron chi connectivity index (χ1n) is 4.65. The van der Waals surface area contributed by atoms with Gasteiger partial charge in [0.2, 0.25) is 0 Å². The molecule has 1 aliphatic heterocycles. The van der Waals surface area contributed by atoms with Crippen molar-refractivity contribution in [1.82, 2.24) is 0 Å². The van der Waals surface area contributed by atoms with Crippen LogP contribution >= 0.6 is 24.0 Å². The first kappa shape index (κ1) is 11.8. The molecule has 0 radical (unpaired) electrons. The number of hydrogen-bond donors (Lipinski definition) is 1. The largest absolute Gasteiger partial charge is 0.478 e. The zero-order valence-corrected chi connectivity index (χ0v) is 10.1. The third-order valence-corrected chi connectivity index (χ3v) is 3.36. The Morgan fingerprint density at radius 1 is 1.35 bits per heavy atom. The number of rotatable bonds is 2. The lowest BCUT2D eigenvalue weighted by atomic mass is 10.3. The molecule has 1 fully saturated rings. The number of carbonyl (C=O) groups excluding carboxylic acids is 1. The first-order valence-corrected chi connectivity index (χ1v) is 5.88. The van der Waals surface area contributed by atoms with E-state index in [1.807, 2.05) is 6.07 Å². The number of carboxylic acid groups (broad SMARTS) is 1. The van der Waals surface area contributed by atoms with Gasteiger partial charge >= 0.3 is 5.97 Å². The number of carboxylic acids is 1. The van der Waals surface area contributed by atoms with Crippen LogP contribution in [0.15, 0.2) is 41.3 Å². The predicted molar refractivity (Wildman–Crippen MR) is 69.8 cm³/mol. The van der Waals surface area contributed by atoms with Crippen LogP contribution in [0.1, 0.15) is 0 Å². The maximum absolute atomic E-state index is 11.9. The maximum Gasteiger partial charge on any atom is 0.329 e. The molecule has 86 valence electrons. The van der Waals surface area contributed by atoms with Gasteiger partial charge in [-0.05, 0) is 12.1 Å². The van der Waals surface area contributed by atoms with Crippen LogP contribution in [0, 0.1) is 0 Å². The summed E-state index contributed by atoms with van der Waals surface area (Å²) in [5, 5.41) is 8.63. The Morgan fingerprint density at radius 3 is 2.59 bits per heavy atom. The Bertz CT molecular complexity index is 525. The minimum atomic E-state index is -1.15. The lowest BCUT2D eigenvalue weighted by Gasteiger charge is -2.13. The van der Waals surface area contributed by atoms with E-state index in [4.69, 9.17) is 17.3 Å². The van der Waals surface area contributed by atoms with E-state index in [0.29, 0.717) is 10.0 Å². The van der Waals surface area contributed by atoms with E-state index >= 15 is 0 Å². The molecule has 17 heavy (non-hydrogen) atoms. The molecule has 0 spiro atoms. The maximum atomic E-state index is 11.9. The van der Waals surface area contributed by atoms with Crippen LogP contribution in [-0.4, -0.2) is 21.3 Å². The average Bonchev–Trinajstić information content (AvgIpc) is 2.54. The molecule has 0 unspecified atom stereocenters. The number of aliphatic carboxylic acids is 1. The quantitative estimate of drug-likeness (QED) is 0.655. The Kier molecular flexibility index (Phi) is 3.26. The zero-order chi connectivity index (χ0) is 12.4. The van der Waals surface area contributed by atoms with E-state index in [0.717, 1.165) is 17.8 Å². The van der Waals surface area contributed by atoms with Crippen molar-refractivity contribution in [3.63, 3.8) is 0 Å². The molecule has 6 heteroatoms. The fourth-order valence-corrected chi connectivity index (χ4v) is 2.64. The van der Waals surface area contributed by atoms with Gasteiger partial charge in [0.05, 0.1) is 10.6 Å². The number of thioether (sulfide) groups is 1. The van der Waals surface area contributed by atoms with Crippen LogP contribution in [0.2, 0.25) is 0 Å². The van der Waals surface area contributed by atoms with E-state index in [-0.39, 0.29) is 4.91 Å². The molecule has 1 N–H and O–H groups in total. The zero-order valence-electron chi connectivity index (χ0n) is 8.49. The van der Waals surface area contributed by atoms with Gasteiger partial charge in [0.25, 0.3) is 5.91 Å². The normalized spacial score (nSPS) is 17.9. The van der Waals surface area contributed by atoms with Gasteiger partial charge in [0.15, 0.2) is 4.32 Å². The van der Waals surface area contributed by atoms with Crippen molar-refractivity contribution in [3.8, 4) is 0 Å². The highest BCUT2D eigenvalue weighted by Gasteiger charge is 2.33. The number of amides is 1. The molecule has 1 aliphatic rings. The molecule has 0 atom stereocenters. The molecule has 2 rings (SSSR count). The second kappa shape index (κ2) is 4.68.